The van der Waals surface area contributed by atoms with Gasteiger partial charge in [0, 0.05) is 19.1 Å². The molecule has 0 bridgehead atoms. The van der Waals surface area contributed by atoms with Crippen molar-refractivity contribution in [3.8, 4) is 0 Å². The molecule has 0 spiro atoms. The van der Waals surface area contributed by atoms with E-state index in [2.05, 4.69) is 40.4 Å². The maximum Gasteiger partial charge on any atom is 0.223 e. The first-order valence-electron chi connectivity index (χ1n) is 10.2. The smallest absolute Gasteiger partial charge is 0.223 e. The van der Waals surface area contributed by atoms with Crippen molar-refractivity contribution in [2.24, 2.45) is 0 Å². The molecule has 148 valence electrons. The summed E-state index contributed by atoms with van der Waals surface area (Å²) < 4.78 is 20.1. The third kappa shape index (κ3) is 7.70. The Morgan fingerprint density at radius 2 is 1.64 bits per heavy atom. The maximum absolute atomic E-state index is 13.8. The van der Waals surface area contributed by atoms with Crippen LogP contribution in [0.25, 0.3) is 0 Å². The molecule has 4 nitrogen and oxygen atoms in total. The van der Waals surface area contributed by atoms with Crippen molar-refractivity contribution in [1.82, 2.24) is 4.90 Å². The molecule has 0 aromatic carbocycles. The number of nitrogens with zero attached hydrogens (tertiary/aromatic N) is 1. The van der Waals surface area contributed by atoms with E-state index in [4.69, 9.17) is 4.21 Å². The normalized spacial score (nSPS) is 19.6. The van der Waals surface area contributed by atoms with E-state index in [1.165, 1.54) is 18.1 Å². The molecule has 1 aliphatic heterocycles. The standard InChI is InChI=1S/C18H40NO3PSi2/c1-7-25(8-2,9-3)16-15-23(21,22-24(4,5)6)17-19-14-12-10-11-13-18(19)20/h7-17H2,1-6H3. The van der Waals surface area contributed by atoms with Crippen LogP contribution >= 0.6 is 7.37 Å². The number of hydrogen-bond donors (Lipinski definition) is 0. The third-order valence-electron chi connectivity index (χ3n) is 5.73. The van der Waals surface area contributed by atoms with Gasteiger partial charge in [-0.25, -0.2) is 0 Å². The predicted octanol–water partition coefficient (Wildman–Crippen LogP) is 5.98. The van der Waals surface area contributed by atoms with Crippen LogP contribution in [0.1, 0.15) is 46.5 Å². The lowest BCUT2D eigenvalue weighted by molar-refractivity contribution is -0.129. The summed E-state index contributed by atoms with van der Waals surface area (Å²) in [5.41, 5.74) is 0. The third-order valence-corrected chi connectivity index (χ3v) is 17.2. The van der Waals surface area contributed by atoms with E-state index < -0.39 is 23.8 Å². The van der Waals surface area contributed by atoms with Crippen LogP contribution in [-0.2, 0) is 13.6 Å². The summed E-state index contributed by atoms with van der Waals surface area (Å²) in [7, 11) is -6.06. The number of likely N-dealkylation sites (tertiary alicyclic amines) is 1. The van der Waals surface area contributed by atoms with Gasteiger partial charge in [0.1, 0.15) is 0 Å². The molecule has 1 amide bonds. The number of hydrogen-bond acceptors (Lipinski definition) is 3. The highest BCUT2D eigenvalue weighted by Crippen LogP contribution is 2.52. The Hall–Kier alpha value is 0.0938. The summed E-state index contributed by atoms with van der Waals surface area (Å²) in [6.45, 7) is 13.9. The molecule has 1 aliphatic rings. The molecule has 0 saturated carbocycles. The summed E-state index contributed by atoms with van der Waals surface area (Å²) >= 11 is 0. The van der Waals surface area contributed by atoms with Crippen LogP contribution < -0.4 is 0 Å². The Morgan fingerprint density at radius 3 is 2.16 bits per heavy atom. The van der Waals surface area contributed by atoms with Crippen molar-refractivity contribution in [2.45, 2.75) is 90.3 Å². The van der Waals surface area contributed by atoms with Crippen LogP contribution in [0.15, 0.2) is 0 Å². The summed E-state index contributed by atoms with van der Waals surface area (Å²) in [4.78, 5) is 14.2. The summed E-state index contributed by atoms with van der Waals surface area (Å²) in [6, 6.07) is 4.81. The first-order chi connectivity index (χ1) is 11.6. The second-order valence-corrected chi connectivity index (χ2v) is 21.6. The average Bonchev–Trinajstić information content (AvgIpc) is 2.72. The van der Waals surface area contributed by atoms with Crippen molar-refractivity contribution in [3.05, 3.63) is 0 Å². The molecular weight excluding hydrogens is 365 g/mol. The van der Waals surface area contributed by atoms with Crippen molar-refractivity contribution in [1.29, 1.82) is 0 Å². The predicted molar refractivity (Wildman–Crippen MR) is 114 cm³/mol. The highest BCUT2D eigenvalue weighted by molar-refractivity contribution is 7.60. The van der Waals surface area contributed by atoms with Gasteiger partial charge in [-0.1, -0.05) is 45.3 Å². The Labute approximate surface area is 157 Å². The van der Waals surface area contributed by atoms with Gasteiger partial charge in [-0.3, -0.25) is 9.36 Å². The summed E-state index contributed by atoms with van der Waals surface area (Å²) in [5, 5.41) is 0. The summed E-state index contributed by atoms with van der Waals surface area (Å²) in [5.74, 6) is 0.168. The monoisotopic (exact) mass is 405 g/mol. The number of carbonyl (C=O) groups excluding carboxylic acids is 1. The van der Waals surface area contributed by atoms with Gasteiger partial charge < -0.3 is 9.11 Å². The fourth-order valence-corrected chi connectivity index (χ4v) is 15.2. The Balaban J connectivity index is 2.93. The number of amides is 1. The second-order valence-electron chi connectivity index (χ2n) is 8.66. The van der Waals surface area contributed by atoms with Crippen molar-refractivity contribution in [3.63, 3.8) is 0 Å². The van der Waals surface area contributed by atoms with Crippen LogP contribution in [0.3, 0.4) is 0 Å². The minimum absolute atomic E-state index is 0.168. The topological polar surface area (TPSA) is 46.6 Å². The zero-order valence-corrected chi connectivity index (χ0v) is 20.3. The molecule has 1 heterocycles. The first kappa shape index (κ1) is 23.1. The van der Waals surface area contributed by atoms with Gasteiger partial charge in [-0.05, 0) is 38.5 Å². The van der Waals surface area contributed by atoms with Crippen LogP contribution in [0, 0.1) is 0 Å². The molecule has 7 heteroatoms. The highest BCUT2D eigenvalue weighted by atomic mass is 31.2. The average molecular weight is 406 g/mol. The van der Waals surface area contributed by atoms with Crippen LogP contribution in [0.2, 0.25) is 43.8 Å². The van der Waals surface area contributed by atoms with Gasteiger partial charge in [-0.2, -0.15) is 0 Å². The quantitative estimate of drug-likeness (QED) is 0.331. The van der Waals surface area contributed by atoms with Crippen LogP contribution in [-0.4, -0.2) is 46.2 Å². The van der Waals surface area contributed by atoms with Crippen molar-refractivity contribution in [2.75, 3.05) is 19.0 Å². The highest BCUT2D eigenvalue weighted by Gasteiger charge is 2.37. The van der Waals surface area contributed by atoms with Gasteiger partial charge in [0.2, 0.25) is 13.3 Å². The van der Waals surface area contributed by atoms with E-state index in [-0.39, 0.29) is 5.91 Å². The fraction of sp³-hybridized carbons (Fsp3) is 0.944. The van der Waals surface area contributed by atoms with Gasteiger partial charge >= 0.3 is 0 Å². The van der Waals surface area contributed by atoms with Gasteiger partial charge in [0.05, 0.1) is 14.4 Å². The molecule has 1 rings (SSSR count). The van der Waals surface area contributed by atoms with Crippen molar-refractivity contribution < 1.29 is 13.6 Å². The molecule has 0 N–H and O–H groups in total. The number of rotatable bonds is 10. The van der Waals surface area contributed by atoms with E-state index in [9.17, 15) is 9.36 Å². The maximum atomic E-state index is 13.8. The van der Waals surface area contributed by atoms with Gasteiger partial charge in [0.25, 0.3) is 0 Å². The molecule has 0 aromatic rings. The molecule has 0 aromatic heterocycles. The van der Waals surface area contributed by atoms with Gasteiger partial charge in [0.15, 0.2) is 8.32 Å². The molecule has 1 saturated heterocycles. The largest absolute Gasteiger partial charge is 0.369 e. The van der Waals surface area contributed by atoms with Crippen LogP contribution in [0.4, 0.5) is 0 Å². The summed E-state index contributed by atoms with van der Waals surface area (Å²) in [6.07, 6.45) is 4.70. The SMILES string of the molecule is CC[Si](CC)(CC)CCP(=O)(CN1CCCCCC1=O)O[Si](C)(C)C. The van der Waals surface area contributed by atoms with E-state index in [0.717, 1.165) is 31.9 Å². The van der Waals surface area contributed by atoms with Crippen LogP contribution in [0.5, 0.6) is 0 Å². The minimum Gasteiger partial charge on any atom is -0.369 e. The number of carbonyl (C=O) groups is 1. The molecule has 25 heavy (non-hydrogen) atoms. The first-order valence-corrected chi connectivity index (χ1v) is 18.4. The van der Waals surface area contributed by atoms with E-state index in [1.54, 1.807) is 0 Å². The van der Waals surface area contributed by atoms with E-state index in [1.807, 2.05) is 4.90 Å². The van der Waals surface area contributed by atoms with Gasteiger partial charge in [-0.15, -0.1) is 0 Å². The molecule has 1 fully saturated rings. The molecule has 0 aliphatic carbocycles. The Bertz CT molecular complexity index is 467. The molecular formula is C18H40NO3PSi2. The minimum atomic E-state index is -2.80. The molecule has 0 radical (unpaired) electrons. The van der Waals surface area contributed by atoms with E-state index in [0.29, 0.717) is 18.9 Å². The molecule has 1 unspecified atom stereocenters. The lowest BCUT2D eigenvalue weighted by Gasteiger charge is -2.34. The lowest BCUT2D eigenvalue weighted by Crippen LogP contribution is -2.37. The molecule has 1 atom stereocenters. The second kappa shape index (κ2) is 9.86. The Kier molecular flexibility index (Phi) is 9.13. The van der Waals surface area contributed by atoms with Crippen molar-refractivity contribution >= 4 is 29.7 Å². The zero-order chi connectivity index (χ0) is 19.1. The van der Waals surface area contributed by atoms with E-state index >= 15 is 0 Å². The fourth-order valence-electron chi connectivity index (χ4n) is 3.78. The lowest BCUT2D eigenvalue weighted by atomic mass is 10.2. The zero-order valence-electron chi connectivity index (χ0n) is 17.4. The Morgan fingerprint density at radius 1 is 1.04 bits per heavy atom.